The number of amidine groups is 1. The first-order valence-electron chi connectivity index (χ1n) is 8.54. The van der Waals surface area contributed by atoms with Gasteiger partial charge in [-0.2, -0.15) is 0 Å². The van der Waals surface area contributed by atoms with E-state index < -0.39 is 5.54 Å². The molecule has 3 aromatic rings. The van der Waals surface area contributed by atoms with Crippen molar-refractivity contribution in [3.8, 4) is 0 Å². The van der Waals surface area contributed by atoms with Gasteiger partial charge in [0.15, 0.2) is 5.54 Å². The lowest BCUT2D eigenvalue weighted by molar-refractivity contribution is -0.124. The highest BCUT2D eigenvalue weighted by molar-refractivity contribution is 6.31. The minimum Gasteiger partial charge on any atom is -0.308 e. The summed E-state index contributed by atoms with van der Waals surface area (Å²) in [6, 6.07) is 24.4. The van der Waals surface area contributed by atoms with Crippen LogP contribution in [0.3, 0.4) is 0 Å². The maximum absolute atomic E-state index is 13.2. The molecule has 134 valence electrons. The molecule has 5 heteroatoms. The van der Waals surface area contributed by atoms with Crippen molar-refractivity contribution in [3.63, 3.8) is 0 Å². The molecule has 1 heterocycles. The fourth-order valence-corrected chi connectivity index (χ4v) is 3.64. The van der Waals surface area contributed by atoms with E-state index in [0.29, 0.717) is 22.3 Å². The topological polar surface area (TPSA) is 41.5 Å². The number of halogens is 2. The van der Waals surface area contributed by atoms with E-state index in [1.54, 1.807) is 12.1 Å². The first-order chi connectivity index (χ1) is 13.1. The second kappa shape index (κ2) is 7.18. The number of carbonyl (C=O) groups is 1. The molecule has 27 heavy (non-hydrogen) atoms. The molecule has 1 aliphatic rings. The van der Waals surface area contributed by atoms with Gasteiger partial charge in [0.05, 0.1) is 0 Å². The highest BCUT2D eigenvalue weighted by Crippen LogP contribution is 2.35. The van der Waals surface area contributed by atoms with E-state index >= 15 is 0 Å². The molecule has 1 unspecified atom stereocenters. The SMILES string of the molecule is O=C1NC(c2ccc(Cl)cc2)=NC1(Cc1cccc(Cl)c1)c1ccccc1. The number of carbonyl (C=O) groups excluding carboxylic acids is 1. The summed E-state index contributed by atoms with van der Waals surface area (Å²) in [5.41, 5.74) is 1.56. The lowest BCUT2D eigenvalue weighted by Crippen LogP contribution is -2.39. The molecule has 0 fully saturated rings. The zero-order valence-electron chi connectivity index (χ0n) is 14.3. The van der Waals surface area contributed by atoms with Crippen LogP contribution in [0.4, 0.5) is 0 Å². The minimum absolute atomic E-state index is 0.154. The van der Waals surface area contributed by atoms with Crippen LogP contribution in [-0.4, -0.2) is 11.7 Å². The third kappa shape index (κ3) is 3.48. The molecule has 0 aliphatic carbocycles. The zero-order chi connectivity index (χ0) is 18.9. The molecule has 0 saturated carbocycles. The molecule has 0 radical (unpaired) electrons. The number of benzene rings is 3. The van der Waals surface area contributed by atoms with Gasteiger partial charge in [0.1, 0.15) is 5.84 Å². The van der Waals surface area contributed by atoms with Crippen molar-refractivity contribution in [1.29, 1.82) is 0 Å². The van der Waals surface area contributed by atoms with E-state index in [1.807, 2.05) is 66.7 Å². The van der Waals surface area contributed by atoms with Crippen LogP contribution in [0.1, 0.15) is 16.7 Å². The summed E-state index contributed by atoms with van der Waals surface area (Å²) in [5, 5.41) is 4.22. The number of hydrogen-bond donors (Lipinski definition) is 1. The largest absolute Gasteiger partial charge is 0.308 e. The van der Waals surface area contributed by atoms with Crippen molar-refractivity contribution >= 4 is 34.9 Å². The molecular weight excluding hydrogens is 379 g/mol. The molecule has 1 N–H and O–H groups in total. The van der Waals surface area contributed by atoms with Gasteiger partial charge in [-0.1, -0.05) is 65.7 Å². The Bertz CT molecular complexity index is 1020. The van der Waals surface area contributed by atoms with Crippen LogP contribution >= 0.6 is 23.2 Å². The predicted molar refractivity (Wildman–Crippen MR) is 109 cm³/mol. The van der Waals surface area contributed by atoms with Gasteiger partial charge in [0.25, 0.3) is 5.91 Å². The summed E-state index contributed by atoms with van der Waals surface area (Å²) in [4.78, 5) is 18.0. The normalized spacial score (nSPS) is 18.9. The van der Waals surface area contributed by atoms with E-state index in [2.05, 4.69) is 5.32 Å². The van der Waals surface area contributed by atoms with Crippen LogP contribution in [-0.2, 0) is 16.8 Å². The van der Waals surface area contributed by atoms with Crippen LogP contribution < -0.4 is 5.32 Å². The highest BCUT2D eigenvalue weighted by atomic mass is 35.5. The van der Waals surface area contributed by atoms with Crippen molar-refractivity contribution < 1.29 is 4.79 Å². The number of hydrogen-bond acceptors (Lipinski definition) is 2. The Morgan fingerprint density at radius 1 is 0.852 bits per heavy atom. The minimum atomic E-state index is -1.04. The van der Waals surface area contributed by atoms with Crippen molar-refractivity contribution in [3.05, 3.63) is 106 Å². The second-order valence-corrected chi connectivity index (χ2v) is 7.33. The molecule has 0 saturated heterocycles. The van der Waals surface area contributed by atoms with E-state index in [0.717, 1.165) is 16.7 Å². The molecule has 0 spiro atoms. The quantitative estimate of drug-likeness (QED) is 0.663. The summed E-state index contributed by atoms with van der Waals surface area (Å²) in [6.07, 6.45) is 0.417. The molecule has 3 aromatic carbocycles. The van der Waals surface area contributed by atoms with Crippen molar-refractivity contribution in [1.82, 2.24) is 5.32 Å². The lowest BCUT2D eigenvalue weighted by Gasteiger charge is -2.24. The smallest absolute Gasteiger partial charge is 0.258 e. The molecule has 0 aromatic heterocycles. The summed E-state index contributed by atoms with van der Waals surface area (Å²) >= 11 is 12.1. The molecule has 0 bridgehead atoms. The van der Waals surface area contributed by atoms with Crippen molar-refractivity contribution in [2.45, 2.75) is 12.0 Å². The van der Waals surface area contributed by atoms with Gasteiger partial charge < -0.3 is 5.32 Å². The van der Waals surface area contributed by atoms with Gasteiger partial charge >= 0.3 is 0 Å². The van der Waals surface area contributed by atoms with Crippen molar-refractivity contribution in [2.24, 2.45) is 4.99 Å². The summed E-state index contributed by atoms with van der Waals surface area (Å²) in [5.74, 6) is 0.390. The number of nitrogens with zero attached hydrogens (tertiary/aromatic N) is 1. The molecular formula is C22H16Cl2N2O. The van der Waals surface area contributed by atoms with Crippen LogP contribution in [0.25, 0.3) is 0 Å². The average Bonchev–Trinajstić information content (AvgIpc) is 3.00. The third-order valence-electron chi connectivity index (χ3n) is 4.63. The second-order valence-electron chi connectivity index (χ2n) is 6.45. The number of rotatable bonds is 4. The van der Waals surface area contributed by atoms with Crippen LogP contribution in [0.5, 0.6) is 0 Å². The molecule has 1 aliphatic heterocycles. The Morgan fingerprint density at radius 2 is 1.59 bits per heavy atom. The Hall–Kier alpha value is -2.62. The first kappa shape index (κ1) is 17.8. The summed E-state index contributed by atoms with van der Waals surface area (Å²) < 4.78 is 0. The monoisotopic (exact) mass is 394 g/mol. The number of nitrogens with one attached hydrogen (secondary N) is 1. The Kier molecular flexibility index (Phi) is 4.73. The van der Waals surface area contributed by atoms with Gasteiger partial charge in [0.2, 0.25) is 0 Å². The fraction of sp³-hybridized carbons (Fsp3) is 0.0909. The first-order valence-corrected chi connectivity index (χ1v) is 9.30. The van der Waals surface area contributed by atoms with Gasteiger partial charge in [-0.3, -0.25) is 4.79 Å². The predicted octanol–water partition coefficient (Wildman–Crippen LogP) is 5.01. The third-order valence-corrected chi connectivity index (χ3v) is 5.12. The molecule has 1 atom stereocenters. The van der Waals surface area contributed by atoms with E-state index in [9.17, 15) is 4.79 Å². The van der Waals surface area contributed by atoms with Crippen molar-refractivity contribution in [2.75, 3.05) is 0 Å². The molecule has 3 nitrogen and oxygen atoms in total. The Morgan fingerprint density at radius 3 is 2.30 bits per heavy atom. The zero-order valence-corrected chi connectivity index (χ0v) is 15.8. The van der Waals surface area contributed by atoms with Crippen LogP contribution in [0.2, 0.25) is 10.0 Å². The average molecular weight is 395 g/mol. The number of amides is 1. The lowest BCUT2D eigenvalue weighted by atomic mass is 9.84. The summed E-state index contributed by atoms with van der Waals surface area (Å²) in [7, 11) is 0. The van der Waals surface area contributed by atoms with Gasteiger partial charge in [0, 0.05) is 22.0 Å². The van der Waals surface area contributed by atoms with Gasteiger partial charge in [-0.15, -0.1) is 0 Å². The van der Waals surface area contributed by atoms with Gasteiger partial charge in [-0.05, 0) is 47.5 Å². The number of aliphatic imine (C=N–C) groups is 1. The van der Waals surface area contributed by atoms with Gasteiger partial charge in [-0.25, -0.2) is 4.99 Å². The van der Waals surface area contributed by atoms with Crippen LogP contribution in [0.15, 0.2) is 83.9 Å². The highest BCUT2D eigenvalue weighted by Gasteiger charge is 2.45. The van der Waals surface area contributed by atoms with E-state index in [1.165, 1.54) is 0 Å². The van der Waals surface area contributed by atoms with Crippen LogP contribution in [0, 0.1) is 0 Å². The fourth-order valence-electron chi connectivity index (χ4n) is 3.30. The maximum atomic E-state index is 13.2. The van der Waals surface area contributed by atoms with E-state index in [4.69, 9.17) is 28.2 Å². The molecule has 1 amide bonds. The molecule has 4 rings (SSSR count). The maximum Gasteiger partial charge on any atom is 0.258 e. The Labute approximate surface area is 167 Å². The Balaban J connectivity index is 1.82. The summed E-state index contributed by atoms with van der Waals surface area (Å²) in [6.45, 7) is 0. The standard InChI is InChI=1S/C22H16Cl2N2O/c23-18-11-9-16(10-12-18)20-25-21(27)22(26-20,17-6-2-1-3-7-17)14-15-5-4-8-19(24)13-15/h1-13H,14H2,(H,25,26,27). The van der Waals surface area contributed by atoms with E-state index in [-0.39, 0.29) is 5.91 Å².